The second-order valence-electron chi connectivity index (χ2n) is 19.1. The number of piperidine rings is 2. The van der Waals surface area contributed by atoms with Crippen LogP contribution in [0.4, 0.5) is 21.5 Å². The van der Waals surface area contributed by atoms with Crippen molar-refractivity contribution >= 4 is 75.7 Å². The molecule has 0 bridgehead atoms. The number of nitrogens with one attached hydrogen (secondary N) is 6. The molecule has 10 rings (SSSR count). The highest BCUT2D eigenvalue weighted by Crippen LogP contribution is 2.63. The first-order valence-corrected chi connectivity index (χ1v) is 24.4. The highest BCUT2D eigenvalue weighted by Gasteiger charge is 2.72. The largest absolute Gasteiger partial charge is 0.384 e. The summed E-state index contributed by atoms with van der Waals surface area (Å²) in [4.78, 5) is 83.9. The number of amides is 6. The lowest BCUT2D eigenvalue weighted by Crippen LogP contribution is -2.60. The second kappa shape index (κ2) is 18.6. The van der Waals surface area contributed by atoms with Crippen LogP contribution in [0.15, 0.2) is 78.9 Å². The van der Waals surface area contributed by atoms with Gasteiger partial charge in [0.25, 0.3) is 11.8 Å². The Bertz CT molecular complexity index is 2710. The molecule has 5 aliphatic heterocycles. The van der Waals surface area contributed by atoms with E-state index in [1.54, 1.807) is 59.5 Å². The van der Waals surface area contributed by atoms with E-state index in [0.29, 0.717) is 77.9 Å². The van der Waals surface area contributed by atoms with E-state index in [0.717, 1.165) is 63.0 Å². The molecule has 0 radical (unpaired) electrons. The van der Waals surface area contributed by atoms with Crippen molar-refractivity contribution in [1.82, 2.24) is 25.8 Å². The first-order valence-electron chi connectivity index (χ1n) is 23.6. The maximum Gasteiger partial charge on any atom is 0.255 e. The van der Waals surface area contributed by atoms with Gasteiger partial charge in [0.1, 0.15) is 17.3 Å². The quantitative estimate of drug-likeness (QED) is 0.0889. The Hall–Kier alpha value is -5.87. The van der Waals surface area contributed by atoms with E-state index in [-0.39, 0.29) is 40.6 Å². The number of nitrogens with zero attached hydrogens (tertiary/aromatic N) is 2. The highest BCUT2D eigenvalue weighted by atomic mass is 35.5. The van der Waals surface area contributed by atoms with Crippen LogP contribution >= 0.6 is 23.2 Å². The van der Waals surface area contributed by atoms with E-state index in [4.69, 9.17) is 23.2 Å². The molecule has 4 aromatic carbocycles. The van der Waals surface area contributed by atoms with E-state index in [1.807, 2.05) is 18.2 Å². The highest BCUT2D eigenvalue weighted by molar-refractivity contribution is 6.31. The number of imide groups is 1. The van der Waals surface area contributed by atoms with Crippen molar-refractivity contribution in [2.75, 3.05) is 48.7 Å². The molecule has 6 amide bonds. The fraction of sp³-hybridized carbons (Fsp3) is 0.412. The van der Waals surface area contributed by atoms with Crippen molar-refractivity contribution in [1.29, 1.82) is 0 Å². The van der Waals surface area contributed by atoms with Crippen LogP contribution in [0.5, 0.6) is 0 Å². The second-order valence-corrected chi connectivity index (χ2v) is 19.9. The Morgan fingerprint density at radius 1 is 0.868 bits per heavy atom. The minimum Gasteiger partial charge on any atom is -0.384 e. The lowest BCUT2D eigenvalue weighted by Gasteiger charge is -2.47. The monoisotopic (exact) mass is 962 g/mol. The molecule has 6 N–H and O–H groups in total. The van der Waals surface area contributed by atoms with E-state index in [9.17, 15) is 28.8 Å². The molecule has 5 heterocycles. The number of anilines is 3. The van der Waals surface area contributed by atoms with Gasteiger partial charge in [-0.15, -0.1) is 0 Å². The molecule has 4 atom stereocenters. The molecule has 1 unspecified atom stereocenters. The number of benzene rings is 4. The predicted molar refractivity (Wildman–Crippen MR) is 256 cm³/mol. The Morgan fingerprint density at radius 3 is 2.40 bits per heavy atom. The minimum atomic E-state index is -1.35. The Kier molecular flexibility index (Phi) is 12.5. The number of rotatable bonds is 11. The zero-order valence-electron chi connectivity index (χ0n) is 37.4. The molecule has 4 fully saturated rings. The fourth-order valence-electron chi connectivity index (χ4n) is 12.0. The van der Waals surface area contributed by atoms with Crippen molar-refractivity contribution in [2.24, 2.45) is 5.92 Å². The number of hydrogen-bond acceptors (Lipinski definition) is 9. The summed E-state index contributed by atoms with van der Waals surface area (Å²) in [6, 6.07) is 20.5. The first kappa shape index (κ1) is 45.9. The van der Waals surface area contributed by atoms with E-state index in [1.165, 1.54) is 6.07 Å². The Labute approximate surface area is 403 Å². The van der Waals surface area contributed by atoms with Gasteiger partial charge in [-0.3, -0.25) is 39.4 Å². The molecular formula is C51H53Cl2FN8O6. The molecule has 6 aliphatic rings. The van der Waals surface area contributed by atoms with Crippen molar-refractivity contribution < 1.29 is 33.2 Å². The summed E-state index contributed by atoms with van der Waals surface area (Å²) in [5.41, 5.74) is 2.37. The van der Waals surface area contributed by atoms with Crippen molar-refractivity contribution in [3.8, 4) is 0 Å². The molecule has 1 aliphatic carbocycles. The standard InChI is InChI=1S/C51H53Cl2FN8O6/c52-31-12-15-36-39(26-31)58-49(68)51(36)42(34-7-4-8-37(53)43(34)54)44(60-50(51)20-2-1-3-21-50)47(66)57-32-13-10-30(11-14-32)45(64)55-22-25-61-23-18-29(19-24-61)27-56-38-9-5-6-33-35(38)28-62(48(33)67)40-16-17-41(63)59-46(40)65/h4-15,26,29,40,42,44,56,60H,1-3,16-25,27-28H2,(H,55,64)(H,57,66)(H,58,68)(H,59,63,65)/t40?,42-,44+,51+/m0/s1. The molecule has 0 aromatic heterocycles. The van der Waals surface area contributed by atoms with E-state index in [2.05, 4.69) is 36.8 Å². The fourth-order valence-corrected chi connectivity index (χ4v) is 12.3. The maximum absolute atomic E-state index is 16.3. The third kappa shape index (κ3) is 8.10. The van der Waals surface area contributed by atoms with Crippen molar-refractivity contribution in [2.45, 2.75) is 93.3 Å². The average molecular weight is 964 g/mol. The molecule has 354 valence electrons. The van der Waals surface area contributed by atoms with Gasteiger partial charge in [-0.2, -0.15) is 0 Å². The summed E-state index contributed by atoms with van der Waals surface area (Å²) in [7, 11) is 0. The molecule has 2 spiro atoms. The molecule has 14 nitrogen and oxygen atoms in total. The summed E-state index contributed by atoms with van der Waals surface area (Å²) in [5.74, 6) is -3.16. The van der Waals surface area contributed by atoms with E-state index >= 15 is 4.39 Å². The maximum atomic E-state index is 16.3. The van der Waals surface area contributed by atoms with Crippen molar-refractivity contribution in [3.05, 3.63) is 123 Å². The smallest absolute Gasteiger partial charge is 0.255 e. The normalized spacial score (nSPS) is 24.5. The van der Waals surface area contributed by atoms with Crippen LogP contribution in [-0.4, -0.2) is 95.6 Å². The van der Waals surface area contributed by atoms with Gasteiger partial charge in [-0.25, -0.2) is 4.39 Å². The third-order valence-corrected chi connectivity index (χ3v) is 15.8. The van der Waals surface area contributed by atoms with Gasteiger partial charge < -0.3 is 31.1 Å². The summed E-state index contributed by atoms with van der Waals surface area (Å²) < 4.78 is 16.3. The number of hydrogen-bond donors (Lipinski definition) is 6. The van der Waals surface area contributed by atoms with E-state index < -0.39 is 46.6 Å². The van der Waals surface area contributed by atoms with Crippen LogP contribution in [0.3, 0.4) is 0 Å². The third-order valence-electron chi connectivity index (χ3n) is 15.3. The lowest BCUT2D eigenvalue weighted by atomic mass is 9.55. The van der Waals surface area contributed by atoms with Gasteiger partial charge in [0, 0.05) is 82.8 Å². The zero-order valence-corrected chi connectivity index (χ0v) is 38.9. The molecule has 68 heavy (non-hydrogen) atoms. The van der Waals surface area contributed by atoms with Gasteiger partial charge in [0.15, 0.2) is 0 Å². The Balaban J connectivity index is 0.741. The number of fused-ring (bicyclic) bond motifs is 4. The van der Waals surface area contributed by atoms with Crippen LogP contribution in [0.2, 0.25) is 10.0 Å². The van der Waals surface area contributed by atoms with Crippen LogP contribution < -0.4 is 31.9 Å². The van der Waals surface area contributed by atoms with Gasteiger partial charge >= 0.3 is 0 Å². The molecule has 1 saturated carbocycles. The Morgan fingerprint density at radius 2 is 1.63 bits per heavy atom. The van der Waals surface area contributed by atoms with Gasteiger partial charge in [0.2, 0.25) is 23.6 Å². The van der Waals surface area contributed by atoms with Crippen LogP contribution in [0.1, 0.15) is 101 Å². The topological polar surface area (TPSA) is 181 Å². The molecule has 3 saturated heterocycles. The molecular weight excluding hydrogens is 911 g/mol. The number of carbonyl (C=O) groups is 6. The van der Waals surface area contributed by atoms with Crippen LogP contribution in [0, 0.1) is 11.7 Å². The van der Waals surface area contributed by atoms with Gasteiger partial charge in [-0.05, 0) is 117 Å². The van der Waals surface area contributed by atoms with Gasteiger partial charge in [0.05, 0.1) is 11.1 Å². The minimum absolute atomic E-state index is 0.102. The average Bonchev–Trinajstić information content (AvgIpc) is 3.93. The zero-order chi connectivity index (χ0) is 47.3. The predicted octanol–water partition coefficient (Wildman–Crippen LogP) is 6.73. The summed E-state index contributed by atoms with van der Waals surface area (Å²) >= 11 is 12.8. The number of carbonyl (C=O) groups excluding carboxylic acids is 6. The van der Waals surface area contributed by atoms with Crippen LogP contribution in [-0.2, 0) is 31.1 Å². The molecule has 17 heteroatoms. The van der Waals surface area contributed by atoms with Crippen LogP contribution in [0.25, 0.3) is 0 Å². The number of halogens is 3. The summed E-state index contributed by atoms with van der Waals surface area (Å²) in [6.07, 6.45) is 6.28. The number of likely N-dealkylation sites (tertiary alicyclic amines) is 1. The summed E-state index contributed by atoms with van der Waals surface area (Å²) in [5, 5.41) is 19.0. The molecule has 4 aromatic rings. The lowest BCUT2D eigenvalue weighted by molar-refractivity contribution is -0.137. The van der Waals surface area contributed by atoms with Gasteiger partial charge in [-0.1, -0.05) is 66.7 Å². The SMILES string of the molecule is O=C1CCC(N2Cc3c(NCC4CCN(CCNC(=O)c5ccc(NC(=O)[C@@H]6NC7(CCCCC7)[C@@]7(C(=O)Nc8cc(Cl)ccc87)[C@H]6c6cccc(Cl)c6F)cc5)CC4)cccc3C2=O)C(=O)N1. The summed E-state index contributed by atoms with van der Waals surface area (Å²) in [6.45, 7) is 3.95. The van der Waals surface area contributed by atoms with Crippen molar-refractivity contribution in [3.63, 3.8) is 0 Å². The first-order chi connectivity index (χ1) is 32.9.